The van der Waals surface area contributed by atoms with E-state index >= 15 is 0 Å². The van der Waals surface area contributed by atoms with Crippen molar-refractivity contribution >= 4 is 15.9 Å². The number of aromatic nitrogens is 1. The fraction of sp³-hybridized carbons (Fsp3) is 0.214. The maximum Gasteiger partial charge on any atom is 0.223 e. The normalized spacial score (nSPS) is 10.5. The van der Waals surface area contributed by atoms with Crippen LogP contribution >= 0.6 is 15.9 Å². The maximum absolute atomic E-state index is 13.7. The zero-order valence-electron chi connectivity index (χ0n) is 10.7. The summed E-state index contributed by atoms with van der Waals surface area (Å²) in [5.74, 6) is 0.194. The van der Waals surface area contributed by atoms with E-state index < -0.39 is 5.82 Å². The molecule has 19 heavy (non-hydrogen) atoms. The van der Waals surface area contributed by atoms with Crippen LogP contribution < -0.4 is 10.1 Å². The third-order valence-corrected chi connectivity index (χ3v) is 2.99. The van der Waals surface area contributed by atoms with Gasteiger partial charge in [0.2, 0.25) is 5.88 Å². The molecule has 100 valence electrons. The number of hydrogen-bond acceptors (Lipinski definition) is 3. The number of aryl methyl sites for hydroxylation is 1. The van der Waals surface area contributed by atoms with Crippen LogP contribution in [0.4, 0.5) is 4.39 Å². The lowest BCUT2D eigenvalue weighted by molar-refractivity contribution is 0.420. The minimum Gasteiger partial charge on any atom is -0.436 e. The topological polar surface area (TPSA) is 34.2 Å². The van der Waals surface area contributed by atoms with Crippen molar-refractivity contribution in [3.05, 3.63) is 51.9 Å². The van der Waals surface area contributed by atoms with E-state index in [1.807, 2.05) is 20.0 Å². The number of rotatable bonds is 4. The quantitative estimate of drug-likeness (QED) is 0.928. The van der Waals surface area contributed by atoms with Gasteiger partial charge in [0.25, 0.3) is 0 Å². The minimum atomic E-state index is -0.397. The molecule has 1 heterocycles. The third-order valence-electron chi connectivity index (χ3n) is 2.55. The van der Waals surface area contributed by atoms with Gasteiger partial charge in [-0.2, -0.15) is 0 Å². The Hall–Kier alpha value is -1.46. The van der Waals surface area contributed by atoms with Crippen LogP contribution in [-0.4, -0.2) is 12.0 Å². The van der Waals surface area contributed by atoms with Gasteiger partial charge in [-0.25, -0.2) is 9.37 Å². The monoisotopic (exact) mass is 324 g/mol. The van der Waals surface area contributed by atoms with Gasteiger partial charge in [0.1, 0.15) is 0 Å². The standard InChI is InChI=1S/C14H14BrFN2O/c1-9-3-4-12(16)13(5-9)19-14-10(7-17-2)6-11(15)8-18-14/h3-6,8,17H,7H2,1-2H3. The Morgan fingerprint density at radius 3 is 2.89 bits per heavy atom. The van der Waals surface area contributed by atoms with E-state index in [9.17, 15) is 4.39 Å². The Bertz CT molecular complexity index is 590. The molecule has 0 aliphatic carbocycles. The summed E-state index contributed by atoms with van der Waals surface area (Å²) in [6.45, 7) is 2.48. The summed E-state index contributed by atoms with van der Waals surface area (Å²) >= 11 is 3.36. The van der Waals surface area contributed by atoms with Crippen molar-refractivity contribution in [2.24, 2.45) is 0 Å². The van der Waals surface area contributed by atoms with Crippen molar-refractivity contribution in [1.29, 1.82) is 0 Å². The smallest absolute Gasteiger partial charge is 0.223 e. The average Bonchev–Trinajstić information content (AvgIpc) is 2.37. The first kappa shape index (κ1) is 14.0. The fourth-order valence-corrected chi connectivity index (χ4v) is 2.05. The molecule has 1 aromatic heterocycles. The molecular weight excluding hydrogens is 311 g/mol. The first-order chi connectivity index (χ1) is 9.10. The van der Waals surface area contributed by atoms with Gasteiger partial charge in [-0.1, -0.05) is 6.07 Å². The molecule has 0 spiro atoms. The Kier molecular flexibility index (Phi) is 4.50. The van der Waals surface area contributed by atoms with Crippen LogP contribution in [0.2, 0.25) is 0 Å². The SMILES string of the molecule is CNCc1cc(Br)cnc1Oc1cc(C)ccc1F. The average molecular weight is 325 g/mol. The molecule has 0 saturated heterocycles. The Labute approximate surface area is 119 Å². The number of ether oxygens (including phenoxy) is 1. The summed E-state index contributed by atoms with van der Waals surface area (Å²) in [7, 11) is 1.83. The zero-order chi connectivity index (χ0) is 13.8. The highest BCUT2D eigenvalue weighted by atomic mass is 79.9. The van der Waals surface area contributed by atoms with Crippen LogP contribution in [-0.2, 0) is 6.54 Å². The molecule has 0 fully saturated rings. The van der Waals surface area contributed by atoms with Gasteiger partial charge >= 0.3 is 0 Å². The molecule has 0 bridgehead atoms. The van der Waals surface area contributed by atoms with Crippen molar-refractivity contribution in [2.75, 3.05) is 7.05 Å². The predicted octanol–water partition coefficient (Wildman–Crippen LogP) is 3.80. The fourth-order valence-electron chi connectivity index (χ4n) is 1.67. The summed E-state index contributed by atoms with van der Waals surface area (Å²) in [6.07, 6.45) is 1.63. The van der Waals surface area contributed by atoms with Crippen LogP contribution in [0.25, 0.3) is 0 Å². The molecule has 0 unspecified atom stereocenters. The van der Waals surface area contributed by atoms with Gasteiger partial charge in [-0.15, -0.1) is 0 Å². The highest BCUT2D eigenvalue weighted by molar-refractivity contribution is 9.10. The highest BCUT2D eigenvalue weighted by Gasteiger charge is 2.10. The van der Waals surface area contributed by atoms with Gasteiger partial charge in [-0.05, 0) is 53.7 Å². The van der Waals surface area contributed by atoms with Crippen molar-refractivity contribution in [3.63, 3.8) is 0 Å². The summed E-state index contributed by atoms with van der Waals surface area (Å²) in [6, 6.07) is 6.64. The van der Waals surface area contributed by atoms with Crippen molar-refractivity contribution in [2.45, 2.75) is 13.5 Å². The first-order valence-corrected chi connectivity index (χ1v) is 6.62. The van der Waals surface area contributed by atoms with E-state index in [0.29, 0.717) is 12.4 Å². The molecule has 0 atom stereocenters. The molecule has 5 heteroatoms. The molecule has 1 aromatic carbocycles. The minimum absolute atomic E-state index is 0.187. The number of halogens is 2. The lowest BCUT2D eigenvalue weighted by Gasteiger charge is -2.11. The number of pyridine rings is 1. The molecule has 0 saturated carbocycles. The van der Waals surface area contributed by atoms with E-state index in [1.54, 1.807) is 18.3 Å². The first-order valence-electron chi connectivity index (χ1n) is 5.83. The molecule has 1 N–H and O–H groups in total. The van der Waals surface area contributed by atoms with Crippen molar-refractivity contribution < 1.29 is 9.13 Å². The van der Waals surface area contributed by atoms with Crippen LogP contribution in [0.1, 0.15) is 11.1 Å². The Morgan fingerprint density at radius 1 is 1.37 bits per heavy atom. The van der Waals surface area contributed by atoms with Gasteiger partial charge < -0.3 is 10.1 Å². The van der Waals surface area contributed by atoms with Crippen molar-refractivity contribution in [1.82, 2.24) is 10.3 Å². The third kappa shape index (κ3) is 3.52. The number of hydrogen-bond donors (Lipinski definition) is 1. The Balaban J connectivity index is 2.34. The summed E-state index contributed by atoms with van der Waals surface area (Å²) in [5.41, 5.74) is 1.79. The molecule has 0 aliphatic heterocycles. The Morgan fingerprint density at radius 2 is 2.16 bits per heavy atom. The summed E-state index contributed by atoms with van der Waals surface area (Å²) in [4.78, 5) is 4.19. The predicted molar refractivity (Wildman–Crippen MR) is 75.9 cm³/mol. The largest absolute Gasteiger partial charge is 0.436 e. The van der Waals surface area contributed by atoms with E-state index in [4.69, 9.17) is 4.74 Å². The van der Waals surface area contributed by atoms with Gasteiger partial charge in [-0.3, -0.25) is 0 Å². The van der Waals surface area contributed by atoms with E-state index in [2.05, 4.69) is 26.2 Å². The number of nitrogens with zero attached hydrogens (tertiary/aromatic N) is 1. The van der Waals surface area contributed by atoms with Crippen molar-refractivity contribution in [3.8, 4) is 11.6 Å². The second-order valence-corrected chi connectivity index (χ2v) is 5.10. The summed E-state index contributed by atoms with van der Waals surface area (Å²) < 4.78 is 20.1. The molecule has 0 aliphatic rings. The van der Waals surface area contributed by atoms with Crippen LogP contribution in [0, 0.1) is 12.7 Å². The van der Waals surface area contributed by atoms with E-state index in [-0.39, 0.29) is 5.75 Å². The number of nitrogens with one attached hydrogen (secondary N) is 1. The van der Waals surface area contributed by atoms with Gasteiger partial charge in [0.15, 0.2) is 11.6 Å². The van der Waals surface area contributed by atoms with Crippen LogP contribution in [0.3, 0.4) is 0 Å². The molecular formula is C14H14BrFN2O. The lowest BCUT2D eigenvalue weighted by atomic mass is 10.2. The second kappa shape index (κ2) is 6.12. The molecule has 0 radical (unpaired) electrons. The number of benzene rings is 1. The van der Waals surface area contributed by atoms with Crippen LogP contribution in [0.15, 0.2) is 34.9 Å². The molecule has 3 nitrogen and oxygen atoms in total. The summed E-state index contributed by atoms with van der Waals surface area (Å²) in [5, 5.41) is 3.03. The lowest BCUT2D eigenvalue weighted by Crippen LogP contribution is -2.07. The highest BCUT2D eigenvalue weighted by Crippen LogP contribution is 2.28. The van der Waals surface area contributed by atoms with Gasteiger partial charge in [0.05, 0.1) is 0 Å². The maximum atomic E-state index is 13.7. The molecule has 2 aromatic rings. The van der Waals surface area contributed by atoms with Gasteiger partial charge in [0, 0.05) is 22.8 Å². The molecule has 2 rings (SSSR count). The second-order valence-electron chi connectivity index (χ2n) is 4.18. The van der Waals surface area contributed by atoms with E-state index in [1.165, 1.54) is 6.07 Å². The van der Waals surface area contributed by atoms with E-state index in [0.717, 1.165) is 15.6 Å². The van der Waals surface area contributed by atoms with Crippen LogP contribution in [0.5, 0.6) is 11.6 Å². The molecule has 0 amide bonds. The zero-order valence-corrected chi connectivity index (χ0v) is 12.3.